The van der Waals surface area contributed by atoms with Crippen molar-refractivity contribution in [2.75, 3.05) is 14.2 Å². The van der Waals surface area contributed by atoms with E-state index in [9.17, 15) is 9.59 Å². The van der Waals surface area contributed by atoms with Crippen LogP contribution in [-0.4, -0.2) is 36.7 Å². The molecule has 0 aliphatic rings. The summed E-state index contributed by atoms with van der Waals surface area (Å²) in [6, 6.07) is 15.4. The van der Waals surface area contributed by atoms with Gasteiger partial charge in [0.05, 0.1) is 18.7 Å². The second-order valence-electron chi connectivity index (χ2n) is 8.09. The standard InChI is InChI=1S/C24H31NO4/c1-7-8-21(25(5)23(27)29-24(2,3)4)19-13-9-17(10-14-19)18-11-15-20(16-12-18)22(26)28-6/h9-16,21H,7-8H2,1-6H3. The Balaban J connectivity index is 2.21. The van der Waals surface area contributed by atoms with Gasteiger partial charge in [0, 0.05) is 7.05 Å². The lowest BCUT2D eigenvalue weighted by Gasteiger charge is -2.31. The molecule has 1 amide bonds. The molecule has 1 atom stereocenters. The lowest BCUT2D eigenvalue weighted by molar-refractivity contribution is 0.0211. The topological polar surface area (TPSA) is 55.8 Å². The van der Waals surface area contributed by atoms with Crippen LogP contribution in [0.1, 0.15) is 62.5 Å². The highest BCUT2D eigenvalue weighted by molar-refractivity contribution is 5.90. The summed E-state index contributed by atoms with van der Waals surface area (Å²) in [5, 5.41) is 0. The first-order valence-corrected chi connectivity index (χ1v) is 9.90. The minimum atomic E-state index is -0.525. The van der Waals surface area contributed by atoms with Crippen LogP contribution >= 0.6 is 0 Å². The Labute approximate surface area is 173 Å². The van der Waals surface area contributed by atoms with E-state index in [4.69, 9.17) is 9.47 Å². The lowest BCUT2D eigenvalue weighted by Crippen LogP contribution is -2.36. The van der Waals surface area contributed by atoms with E-state index >= 15 is 0 Å². The molecule has 156 valence electrons. The summed E-state index contributed by atoms with van der Waals surface area (Å²) in [6.07, 6.45) is 1.48. The lowest BCUT2D eigenvalue weighted by atomic mass is 9.97. The van der Waals surface area contributed by atoms with Gasteiger partial charge < -0.3 is 14.4 Å². The highest BCUT2D eigenvalue weighted by Crippen LogP contribution is 2.29. The smallest absolute Gasteiger partial charge is 0.410 e. The van der Waals surface area contributed by atoms with E-state index in [1.54, 1.807) is 24.1 Å². The fraction of sp³-hybridized carbons (Fsp3) is 0.417. The van der Waals surface area contributed by atoms with E-state index in [-0.39, 0.29) is 18.1 Å². The zero-order valence-corrected chi connectivity index (χ0v) is 18.2. The van der Waals surface area contributed by atoms with E-state index in [2.05, 4.69) is 6.92 Å². The van der Waals surface area contributed by atoms with Crippen molar-refractivity contribution in [3.8, 4) is 11.1 Å². The summed E-state index contributed by atoms with van der Waals surface area (Å²) in [6.45, 7) is 7.71. The Bertz CT molecular complexity index is 819. The molecule has 1 unspecified atom stereocenters. The summed E-state index contributed by atoms with van der Waals surface area (Å²) in [7, 11) is 3.16. The number of esters is 1. The minimum Gasteiger partial charge on any atom is -0.465 e. The molecular formula is C24H31NO4. The molecule has 0 bridgehead atoms. The van der Waals surface area contributed by atoms with Crippen LogP contribution in [0.25, 0.3) is 11.1 Å². The molecule has 0 spiro atoms. The molecule has 0 aliphatic carbocycles. The molecule has 0 fully saturated rings. The fourth-order valence-electron chi connectivity index (χ4n) is 3.13. The monoisotopic (exact) mass is 397 g/mol. The average molecular weight is 398 g/mol. The Morgan fingerprint density at radius 2 is 1.48 bits per heavy atom. The molecule has 0 radical (unpaired) electrons. The molecular weight excluding hydrogens is 366 g/mol. The van der Waals surface area contributed by atoms with Crippen molar-refractivity contribution in [1.29, 1.82) is 0 Å². The van der Waals surface area contributed by atoms with Crippen LogP contribution in [0.4, 0.5) is 4.79 Å². The number of benzene rings is 2. The van der Waals surface area contributed by atoms with Crippen LogP contribution in [0.2, 0.25) is 0 Å². The van der Waals surface area contributed by atoms with Gasteiger partial charge in [-0.2, -0.15) is 0 Å². The van der Waals surface area contributed by atoms with Gasteiger partial charge in [0.15, 0.2) is 0 Å². The van der Waals surface area contributed by atoms with Crippen LogP contribution in [0.3, 0.4) is 0 Å². The molecule has 2 aromatic rings. The Hall–Kier alpha value is -2.82. The van der Waals surface area contributed by atoms with Crippen LogP contribution in [0.15, 0.2) is 48.5 Å². The Morgan fingerprint density at radius 1 is 0.966 bits per heavy atom. The van der Waals surface area contributed by atoms with Crippen molar-refractivity contribution < 1.29 is 19.1 Å². The van der Waals surface area contributed by atoms with Crippen molar-refractivity contribution >= 4 is 12.1 Å². The molecule has 5 heteroatoms. The van der Waals surface area contributed by atoms with Gasteiger partial charge in [0.25, 0.3) is 0 Å². The van der Waals surface area contributed by atoms with Crippen molar-refractivity contribution in [3.05, 3.63) is 59.7 Å². The summed E-state index contributed by atoms with van der Waals surface area (Å²) in [5.74, 6) is -0.348. The van der Waals surface area contributed by atoms with E-state index < -0.39 is 5.60 Å². The maximum absolute atomic E-state index is 12.5. The van der Waals surface area contributed by atoms with Gasteiger partial charge in [-0.15, -0.1) is 0 Å². The summed E-state index contributed by atoms with van der Waals surface area (Å²) in [4.78, 5) is 25.8. The Kier molecular flexibility index (Phi) is 7.43. The van der Waals surface area contributed by atoms with Gasteiger partial charge in [-0.3, -0.25) is 0 Å². The molecule has 0 N–H and O–H groups in total. The molecule has 2 rings (SSSR count). The quantitative estimate of drug-likeness (QED) is 0.574. The second-order valence-corrected chi connectivity index (χ2v) is 8.09. The molecule has 0 aromatic heterocycles. The average Bonchev–Trinajstić information content (AvgIpc) is 2.70. The van der Waals surface area contributed by atoms with Gasteiger partial charge in [-0.05, 0) is 56.0 Å². The fourth-order valence-corrected chi connectivity index (χ4v) is 3.13. The molecule has 29 heavy (non-hydrogen) atoms. The third-order valence-electron chi connectivity index (χ3n) is 4.65. The molecule has 2 aromatic carbocycles. The molecule has 0 aliphatic heterocycles. The SMILES string of the molecule is CCCC(c1ccc(-c2ccc(C(=O)OC)cc2)cc1)N(C)C(=O)OC(C)(C)C. The molecule has 0 heterocycles. The third-order valence-corrected chi connectivity index (χ3v) is 4.65. The maximum Gasteiger partial charge on any atom is 0.410 e. The summed E-state index contributed by atoms with van der Waals surface area (Å²) < 4.78 is 10.3. The van der Waals surface area contributed by atoms with Gasteiger partial charge >= 0.3 is 12.1 Å². The largest absolute Gasteiger partial charge is 0.465 e. The number of hydrogen-bond donors (Lipinski definition) is 0. The molecule has 0 saturated heterocycles. The van der Waals surface area contributed by atoms with Crippen molar-refractivity contribution in [2.45, 2.75) is 52.2 Å². The number of methoxy groups -OCH3 is 1. The predicted octanol–water partition coefficient (Wildman–Crippen LogP) is 5.85. The maximum atomic E-state index is 12.5. The van der Waals surface area contributed by atoms with E-state index in [1.165, 1.54) is 7.11 Å². The number of nitrogens with zero attached hydrogens (tertiary/aromatic N) is 1. The van der Waals surface area contributed by atoms with Crippen LogP contribution in [0.5, 0.6) is 0 Å². The summed E-state index contributed by atoms with van der Waals surface area (Å²) >= 11 is 0. The Morgan fingerprint density at radius 3 is 1.93 bits per heavy atom. The highest BCUT2D eigenvalue weighted by atomic mass is 16.6. The first-order chi connectivity index (χ1) is 13.7. The van der Waals surface area contributed by atoms with Gasteiger partial charge in [-0.25, -0.2) is 9.59 Å². The zero-order valence-electron chi connectivity index (χ0n) is 18.2. The molecule has 0 saturated carbocycles. The van der Waals surface area contributed by atoms with Crippen molar-refractivity contribution in [1.82, 2.24) is 4.90 Å². The predicted molar refractivity (Wildman–Crippen MR) is 115 cm³/mol. The number of carbonyl (C=O) groups is 2. The van der Waals surface area contributed by atoms with Gasteiger partial charge in [-0.1, -0.05) is 49.7 Å². The number of amides is 1. The van der Waals surface area contributed by atoms with Crippen molar-refractivity contribution in [2.24, 2.45) is 0 Å². The zero-order chi connectivity index (χ0) is 21.6. The number of carbonyl (C=O) groups excluding carboxylic acids is 2. The van der Waals surface area contributed by atoms with E-state index in [0.717, 1.165) is 29.5 Å². The van der Waals surface area contributed by atoms with E-state index in [0.29, 0.717) is 5.56 Å². The highest BCUT2D eigenvalue weighted by Gasteiger charge is 2.26. The molecule has 5 nitrogen and oxygen atoms in total. The van der Waals surface area contributed by atoms with Gasteiger partial charge in [0.2, 0.25) is 0 Å². The second kappa shape index (κ2) is 9.59. The van der Waals surface area contributed by atoms with Crippen LogP contribution in [-0.2, 0) is 9.47 Å². The van der Waals surface area contributed by atoms with Crippen LogP contribution in [0, 0.1) is 0 Å². The normalized spacial score (nSPS) is 12.2. The summed E-state index contributed by atoms with van der Waals surface area (Å²) in [5.41, 5.74) is 3.12. The third kappa shape index (κ3) is 6.08. The number of ether oxygens (including phenoxy) is 2. The number of rotatable bonds is 6. The minimum absolute atomic E-state index is 0.0504. The van der Waals surface area contributed by atoms with E-state index in [1.807, 2.05) is 57.2 Å². The van der Waals surface area contributed by atoms with Crippen molar-refractivity contribution in [3.63, 3.8) is 0 Å². The first kappa shape index (κ1) is 22.5. The van der Waals surface area contributed by atoms with Gasteiger partial charge in [0.1, 0.15) is 5.60 Å². The number of hydrogen-bond acceptors (Lipinski definition) is 4. The van der Waals surface area contributed by atoms with Crippen LogP contribution < -0.4 is 0 Å². The first-order valence-electron chi connectivity index (χ1n) is 9.90.